The Morgan fingerprint density at radius 3 is 2.47 bits per heavy atom. The van der Waals surface area contributed by atoms with Gasteiger partial charge in [0.05, 0.1) is 17.4 Å². The normalized spacial score (nSPS) is 20.3. The maximum atomic E-state index is 12.9. The van der Waals surface area contributed by atoms with Crippen LogP contribution < -0.4 is 5.32 Å². The molecule has 0 radical (unpaired) electrons. The predicted octanol–water partition coefficient (Wildman–Crippen LogP) is 4.62. The Labute approximate surface area is 175 Å². The molecule has 0 bridgehead atoms. The number of rotatable bonds is 2. The number of aromatic nitrogens is 2. The van der Waals surface area contributed by atoms with Crippen LogP contribution in [-0.4, -0.2) is 21.4 Å². The minimum Gasteiger partial charge on any atom is -0.361 e. The molecule has 0 saturated carbocycles. The van der Waals surface area contributed by atoms with E-state index in [4.69, 9.17) is 0 Å². The number of para-hydroxylation sites is 2. The molecular formula is C25H25N3O2. The van der Waals surface area contributed by atoms with Crippen LogP contribution in [0.4, 0.5) is 0 Å². The van der Waals surface area contributed by atoms with E-state index in [0.29, 0.717) is 0 Å². The molecule has 6 rings (SSSR count). The summed E-state index contributed by atoms with van der Waals surface area (Å²) in [5, 5.41) is 4.68. The number of carbonyl (C=O) groups is 2. The average molecular weight is 399 g/mol. The molecule has 2 aliphatic rings. The molecule has 152 valence electrons. The van der Waals surface area contributed by atoms with Crippen molar-refractivity contribution in [2.24, 2.45) is 0 Å². The first kappa shape index (κ1) is 18.7. The number of imide groups is 1. The third kappa shape index (κ3) is 2.61. The maximum absolute atomic E-state index is 12.9. The average Bonchev–Trinajstić information content (AvgIpc) is 3.44. The molecule has 2 atom stereocenters. The zero-order valence-corrected chi connectivity index (χ0v) is 17.2. The molecule has 4 heterocycles. The van der Waals surface area contributed by atoms with Gasteiger partial charge >= 0.3 is 0 Å². The van der Waals surface area contributed by atoms with Crippen LogP contribution in [0.3, 0.4) is 0 Å². The number of carbonyl (C=O) groups excluding carboxylic acids is 2. The number of fused-ring (bicyclic) bond motifs is 1. The zero-order valence-electron chi connectivity index (χ0n) is 17.2. The maximum Gasteiger partial charge on any atom is 0.235 e. The second kappa shape index (κ2) is 7.17. The lowest BCUT2D eigenvalue weighted by Gasteiger charge is -2.15. The highest BCUT2D eigenvalue weighted by atomic mass is 16.2. The van der Waals surface area contributed by atoms with Gasteiger partial charge in [0, 0.05) is 35.2 Å². The van der Waals surface area contributed by atoms with Crippen molar-refractivity contribution >= 4 is 33.6 Å². The van der Waals surface area contributed by atoms with E-state index in [1.807, 2.05) is 44.3 Å². The van der Waals surface area contributed by atoms with Gasteiger partial charge in [-0.3, -0.25) is 14.9 Å². The van der Waals surface area contributed by atoms with E-state index < -0.39 is 11.8 Å². The Hall–Kier alpha value is -3.34. The van der Waals surface area contributed by atoms with Crippen LogP contribution >= 0.6 is 0 Å². The van der Waals surface area contributed by atoms with Crippen LogP contribution in [0.1, 0.15) is 48.8 Å². The van der Waals surface area contributed by atoms with Crippen molar-refractivity contribution in [3.05, 3.63) is 71.5 Å². The van der Waals surface area contributed by atoms with Gasteiger partial charge < -0.3 is 9.55 Å². The van der Waals surface area contributed by atoms with E-state index in [1.165, 1.54) is 11.1 Å². The highest BCUT2D eigenvalue weighted by Crippen LogP contribution is 2.44. The van der Waals surface area contributed by atoms with Gasteiger partial charge in [0.1, 0.15) is 0 Å². The molecular weight excluding hydrogens is 374 g/mol. The highest BCUT2D eigenvalue weighted by Gasteiger charge is 2.45. The van der Waals surface area contributed by atoms with Crippen LogP contribution in [0.2, 0.25) is 0 Å². The fourth-order valence-electron chi connectivity index (χ4n) is 5.10. The van der Waals surface area contributed by atoms with Gasteiger partial charge in [-0.1, -0.05) is 50.2 Å². The van der Waals surface area contributed by atoms with E-state index in [-0.39, 0.29) is 11.8 Å². The number of amides is 2. The first-order valence-electron chi connectivity index (χ1n) is 10.7. The standard InChI is InChI=1S/C23H19N3O2.C2H6/c27-22-19(16-11-24-18-9-2-1-7-14(16)18)20(23(28)25-22)17-12-26-10-4-6-13-5-3-8-15(17)21(13)26;1-2/h1-3,5,7-9,11-12,19-20,24H,4,6,10H2,(H,25,27,28);1-2H3. The summed E-state index contributed by atoms with van der Waals surface area (Å²) in [7, 11) is 0. The van der Waals surface area contributed by atoms with E-state index in [0.717, 1.165) is 46.8 Å². The summed E-state index contributed by atoms with van der Waals surface area (Å²) in [5.41, 5.74) is 5.36. The lowest BCUT2D eigenvalue weighted by atomic mass is 9.83. The van der Waals surface area contributed by atoms with E-state index >= 15 is 0 Å². The monoisotopic (exact) mass is 399 g/mol. The van der Waals surface area contributed by atoms with Crippen LogP contribution in [0.15, 0.2) is 54.9 Å². The number of aryl methyl sites for hydroxylation is 2. The number of aromatic amines is 1. The molecule has 4 aromatic rings. The number of hydrogen-bond acceptors (Lipinski definition) is 2. The van der Waals surface area contributed by atoms with Gasteiger partial charge in [-0.2, -0.15) is 0 Å². The van der Waals surface area contributed by atoms with Crippen molar-refractivity contribution in [1.29, 1.82) is 0 Å². The summed E-state index contributed by atoms with van der Waals surface area (Å²) in [6.07, 6.45) is 6.13. The Bertz CT molecular complexity index is 1280. The quantitative estimate of drug-likeness (QED) is 0.483. The fraction of sp³-hybridized carbons (Fsp3) is 0.280. The molecule has 0 aliphatic carbocycles. The second-order valence-corrected chi connectivity index (χ2v) is 7.79. The molecule has 1 saturated heterocycles. The number of benzene rings is 2. The van der Waals surface area contributed by atoms with E-state index in [1.54, 1.807) is 0 Å². The van der Waals surface area contributed by atoms with Crippen molar-refractivity contribution < 1.29 is 9.59 Å². The number of hydrogen-bond donors (Lipinski definition) is 2. The van der Waals surface area contributed by atoms with Crippen LogP contribution in [0, 0.1) is 0 Å². The number of H-pyrrole nitrogens is 1. The number of nitrogens with one attached hydrogen (secondary N) is 2. The van der Waals surface area contributed by atoms with Crippen molar-refractivity contribution in [2.45, 2.75) is 45.1 Å². The lowest BCUT2D eigenvalue weighted by molar-refractivity contribution is -0.125. The Kier molecular flexibility index (Phi) is 4.46. The molecule has 1 fully saturated rings. The van der Waals surface area contributed by atoms with Crippen molar-refractivity contribution in [3.63, 3.8) is 0 Å². The number of nitrogens with zero attached hydrogens (tertiary/aromatic N) is 1. The molecule has 30 heavy (non-hydrogen) atoms. The van der Waals surface area contributed by atoms with Gasteiger partial charge in [-0.25, -0.2) is 0 Å². The summed E-state index contributed by atoms with van der Waals surface area (Å²) in [6, 6.07) is 14.2. The van der Waals surface area contributed by atoms with E-state index in [2.05, 4.69) is 39.3 Å². The van der Waals surface area contributed by atoms with Crippen LogP contribution in [0.5, 0.6) is 0 Å². The Balaban J connectivity index is 0.000000937. The van der Waals surface area contributed by atoms with Crippen molar-refractivity contribution in [3.8, 4) is 0 Å². The van der Waals surface area contributed by atoms with Crippen molar-refractivity contribution in [2.75, 3.05) is 0 Å². The lowest BCUT2D eigenvalue weighted by Crippen LogP contribution is -2.21. The van der Waals surface area contributed by atoms with Crippen LogP contribution in [0.25, 0.3) is 21.8 Å². The minimum absolute atomic E-state index is 0.205. The highest BCUT2D eigenvalue weighted by molar-refractivity contribution is 6.13. The molecule has 2 unspecified atom stereocenters. The fourth-order valence-corrected chi connectivity index (χ4v) is 5.10. The molecule has 2 amide bonds. The Morgan fingerprint density at radius 2 is 1.63 bits per heavy atom. The molecule has 0 spiro atoms. The second-order valence-electron chi connectivity index (χ2n) is 7.79. The molecule has 5 nitrogen and oxygen atoms in total. The van der Waals surface area contributed by atoms with Gasteiger partial charge in [0.2, 0.25) is 11.8 Å². The molecule has 2 aliphatic heterocycles. The van der Waals surface area contributed by atoms with Gasteiger partial charge in [-0.05, 0) is 35.6 Å². The topological polar surface area (TPSA) is 66.9 Å². The van der Waals surface area contributed by atoms with Crippen molar-refractivity contribution in [1.82, 2.24) is 14.9 Å². The van der Waals surface area contributed by atoms with Gasteiger partial charge in [0.15, 0.2) is 0 Å². The third-order valence-electron chi connectivity index (χ3n) is 6.29. The summed E-state index contributed by atoms with van der Waals surface area (Å²) in [6.45, 7) is 4.95. The SMILES string of the molecule is CC.O=C1NC(=O)C(c2cn3c4c(cccc24)CCC3)C1c1c[nH]c2ccccc12. The van der Waals surface area contributed by atoms with Gasteiger partial charge in [-0.15, -0.1) is 0 Å². The zero-order chi connectivity index (χ0) is 20.8. The predicted molar refractivity (Wildman–Crippen MR) is 119 cm³/mol. The molecule has 2 N–H and O–H groups in total. The summed E-state index contributed by atoms with van der Waals surface area (Å²) in [4.78, 5) is 29.0. The third-order valence-corrected chi connectivity index (χ3v) is 6.29. The minimum atomic E-state index is -0.521. The molecule has 5 heteroatoms. The van der Waals surface area contributed by atoms with E-state index in [9.17, 15) is 9.59 Å². The first-order valence-corrected chi connectivity index (χ1v) is 10.7. The Morgan fingerprint density at radius 1 is 0.900 bits per heavy atom. The first-order chi connectivity index (χ1) is 14.7. The smallest absolute Gasteiger partial charge is 0.235 e. The molecule has 2 aromatic heterocycles. The summed E-state index contributed by atoms with van der Waals surface area (Å²) in [5.74, 6) is -1.45. The van der Waals surface area contributed by atoms with Gasteiger partial charge in [0.25, 0.3) is 0 Å². The summed E-state index contributed by atoms with van der Waals surface area (Å²) < 4.78 is 2.26. The van der Waals surface area contributed by atoms with Crippen LogP contribution in [-0.2, 0) is 22.6 Å². The largest absolute Gasteiger partial charge is 0.361 e. The molecule has 2 aromatic carbocycles. The summed E-state index contributed by atoms with van der Waals surface area (Å²) >= 11 is 0.